The zero-order valence-electron chi connectivity index (χ0n) is 10.7. The van der Waals surface area contributed by atoms with Gasteiger partial charge in [-0.1, -0.05) is 12.1 Å². The van der Waals surface area contributed by atoms with Gasteiger partial charge >= 0.3 is 0 Å². The number of nitrogens with zero attached hydrogens (tertiary/aromatic N) is 3. The van der Waals surface area contributed by atoms with E-state index in [2.05, 4.69) is 9.97 Å². The summed E-state index contributed by atoms with van der Waals surface area (Å²) in [7, 11) is 0. The number of rotatable bonds is 1. The Hall–Kier alpha value is -2.50. The van der Waals surface area contributed by atoms with E-state index in [1.54, 1.807) is 23.2 Å². The average Bonchev–Trinajstić information content (AvgIpc) is 2.46. The first-order chi connectivity index (χ1) is 9.65. The molecule has 2 heterocycles. The molecule has 1 aliphatic heterocycles. The van der Waals surface area contributed by atoms with Crippen LogP contribution >= 0.6 is 0 Å². The van der Waals surface area contributed by atoms with E-state index in [0.717, 1.165) is 11.3 Å². The van der Waals surface area contributed by atoms with E-state index in [0.29, 0.717) is 19.5 Å². The third kappa shape index (κ3) is 2.20. The summed E-state index contributed by atoms with van der Waals surface area (Å²) in [5, 5.41) is 0. The van der Waals surface area contributed by atoms with Crippen LogP contribution in [0.2, 0.25) is 0 Å². The predicted octanol–water partition coefficient (Wildman–Crippen LogP) is 1.40. The number of nitrogens with two attached hydrogens (primary N) is 1. The van der Waals surface area contributed by atoms with Crippen LogP contribution in [0.15, 0.2) is 30.5 Å². The van der Waals surface area contributed by atoms with Crippen molar-refractivity contribution in [3.8, 4) is 0 Å². The monoisotopic (exact) mass is 272 g/mol. The molecule has 6 heteroatoms. The summed E-state index contributed by atoms with van der Waals surface area (Å²) in [6.07, 6.45) is 2.33. The van der Waals surface area contributed by atoms with Crippen molar-refractivity contribution >= 4 is 11.9 Å². The second-order valence-corrected chi connectivity index (χ2v) is 4.66. The molecule has 0 spiro atoms. The van der Waals surface area contributed by atoms with Gasteiger partial charge in [-0.2, -0.15) is 0 Å². The first-order valence-corrected chi connectivity index (χ1v) is 6.29. The number of amides is 1. The molecule has 20 heavy (non-hydrogen) atoms. The number of fused-ring (bicyclic) bond motifs is 1. The van der Waals surface area contributed by atoms with E-state index in [4.69, 9.17) is 5.73 Å². The van der Waals surface area contributed by atoms with Crippen LogP contribution in [0.4, 0.5) is 10.3 Å². The summed E-state index contributed by atoms with van der Waals surface area (Å²) >= 11 is 0. The minimum absolute atomic E-state index is 0.0815. The normalized spacial score (nSPS) is 13.9. The minimum Gasteiger partial charge on any atom is -0.368 e. The van der Waals surface area contributed by atoms with Crippen LogP contribution < -0.4 is 5.73 Å². The number of aromatic nitrogens is 2. The SMILES string of the molecule is Nc1ncc2c(n1)CN(C(=O)c1ccccc1F)CC2. The molecule has 0 saturated heterocycles. The number of hydrogen-bond acceptors (Lipinski definition) is 4. The molecule has 0 radical (unpaired) electrons. The molecule has 5 nitrogen and oxygen atoms in total. The first-order valence-electron chi connectivity index (χ1n) is 6.29. The number of benzene rings is 1. The number of halogens is 1. The van der Waals surface area contributed by atoms with Gasteiger partial charge in [0.1, 0.15) is 5.82 Å². The Morgan fingerprint density at radius 1 is 1.35 bits per heavy atom. The van der Waals surface area contributed by atoms with E-state index in [-0.39, 0.29) is 17.4 Å². The number of hydrogen-bond donors (Lipinski definition) is 1. The molecule has 1 aromatic heterocycles. The van der Waals surface area contributed by atoms with Crippen molar-refractivity contribution < 1.29 is 9.18 Å². The molecule has 1 aromatic carbocycles. The van der Waals surface area contributed by atoms with Crippen molar-refractivity contribution in [1.82, 2.24) is 14.9 Å². The Balaban J connectivity index is 1.87. The minimum atomic E-state index is -0.509. The van der Waals surface area contributed by atoms with E-state index in [9.17, 15) is 9.18 Å². The molecule has 0 unspecified atom stereocenters. The van der Waals surface area contributed by atoms with E-state index >= 15 is 0 Å². The third-order valence-electron chi connectivity index (χ3n) is 3.36. The largest absolute Gasteiger partial charge is 0.368 e. The fourth-order valence-electron chi connectivity index (χ4n) is 2.30. The zero-order valence-corrected chi connectivity index (χ0v) is 10.7. The highest BCUT2D eigenvalue weighted by Gasteiger charge is 2.24. The molecular formula is C14H13FN4O. The van der Waals surface area contributed by atoms with Crippen LogP contribution in [0.25, 0.3) is 0 Å². The van der Waals surface area contributed by atoms with Crippen LogP contribution in [0.5, 0.6) is 0 Å². The number of carbonyl (C=O) groups excluding carboxylic acids is 1. The number of anilines is 1. The molecule has 0 saturated carbocycles. The quantitative estimate of drug-likeness (QED) is 0.851. The van der Waals surface area contributed by atoms with Crippen LogP contribution in [0.3, 0.4) is 0 Å². The van der Waals surface area contributed by atoms with E-state index < -0.39 is 5.82 Å². The summed E-state index contributed by atoms with van der Waals surface area (Å²) in [5.41, 5.74) is 7.35. The molecule has 1 amide bonds. The molecule has 0 bridgehead atoms. The van der Waals surface area contributed by atoms with Crippen LogP contribution in [0.1, 0.15) is 21.6 Å². The zero-order chi connectivity index (χ0) is 14.1. The summed E-state index contributed by atoms with van der Waals surface area (Å²) < 4.78 is 13.7. The molecule has 2 aromatic rings. The average molecular weight is 272 g/mol. The van der Waals surface area contributed by atoms with Crippen LogP contribution in [-0.2, 0) is 13.0 Å². The van der Waals surface area contributed by atoms with Crippen LogP contribution in [-0.4, -0.2) is 27.3 Å². The van der Waals surface area contributed by atoms with Gasteiger partial charge in [0.05, 0.1) is 17.8 Å². The molecular weight excluding hydrogens is 259 g/mol. The van der Waals surface area contributed by atoms with Gasteiger partial charge in [0.15, 0.2) is 0 Å². The molecule has 0 atom stereocenters. The number of nitrogen functional groups attached to an aromatic ring is 1. The van der Waals surface area contributed by atoms with Crippen molar-refractivity contribution in [2.45, 2.75) is 13.0 Å². The van der Waals surface area contributed by atoms with Crippen molar-refractivity contribution in [3.63, 3.8) is 0 Å². The molecule has 102 valence electrons. The maximum Gasteiger partial charge on any atom is 0.257 e. The molecule has 1 aliphatic rings. The van der Waals surface area contributed by atoms with Gasteiger partial charge in [-0.05, 0) is 24.1 Å². The van der Waals surface area contributed by atoms with Crippen molar-refractivity contribution in [2.75, 3.05) is 12.3 Å². The topological polar surface area (TPSA) is 72.1 Å². The Kier molecular flexibility index (Phi) is 3.06. The lowest BCUT2D eigenvalue weighted by atomic mass is 10.1. The molecule has 2 N–H and O–H groups in total. The summed E-state index contributed by atoms with van der Waals surface area (Å²) in [6.45, 7) is 0.850. The lowest BCUT2D eigenvalue weighted by Gasteiger charge is -2.28. The summed E-state index contributed by atoms with van der Waals surface area (Å²) in [6, 6.07) is 5.98. The number of carbonyl (C=O) groups is 1. The predicted molar refractivity (Wildman–Crippen MR) is 71.3 cm³/mol. The second kappa shape index (κ2) is 4.88. The first kappa shape index (κ1) is 12.5. The maximum absolute atomic E-state index is 13.7. The fraction of sp³-hybridized carbons (Fsp3) is 0.214. The lowest BCUT2D eigenvalue weighted by Crippen LogP contribution is -2.37. The van der Waals surface area contributed by atoms with Crippen molar-refractivity contribution in [2.24, 2.45) is 0 Å². The van der Waals surface area contributed by atoms with Gasteiger partial charge in [-0.3, -0.25) is 4.79 Å². The highest BCUT2D eigenvalue weighted by molar-refractivity contribution is 5.94. The Labute approximate surface area is 115 Å². The summed E-state index contributed by atoms with van der Waals surface area (Å²) in [4.78, 5) is 22.0. The highest BCUT2D eigenvalue weighted by atomic mass is 19.1. The second-order valence-electron chi connectivity index (χ2n) is 4.66. The van der Waals surface area contributed by atoms with Gasteiger partial charge in [0.25, 0.3) is 5.91 Å². The van der Waals surface area contributed by atoms with Gasteiger partial charge in [-0.25, -0.2) is 14.4 Å². The van der Waals surface area contributed by atoms with Gasteiger partial charge in [0, 0.05) is 12.7 Å². The Morgan fingerprint density at radius 2 is 2.15 bits per heavy atom. The van der Waals surface area contributed by atoms with Crippen LogP contribution in [0, 0.1) is 5.82 Å². The highest BCUT2D eigenvalue weighted by Crippen LogP contribution is 2.19. The van der Waals surface area contributed by atoms with Gasteiger partial charge in [-0.15, -0.1) is 0 Å². The third-order valence-corrected chi connectivity index (χ3v) is 3.36. The lowest BCUT2D eigenvalue weighted by molar-refractivity contribution is 0.0727. The Morgan fingerprint density at radius 3 is 2.95 bits per heavy atom. The summed E-state index contributed by atoms with van der Waals surface area (Å²) in [5.74, 6) is -0.652. The molecule has 3 rings (SSSR count). The van der Waals surface area contributed by atoms with Gasteiger partial charge < -0.3 is 10.6 Å². The van der Waals surface area contributed by atoms with Crippen molar-refractivity contribution in [1.29, 1.82) is 0 Å². The smallest absolute Gasteiger partial charge is 0.257 e. The fourth-order valence-corrected chi connectivity index (χ4v) is 2.30. The molecule has 0 fully saturated rings. The standard InChI is InChI=1S/C14H13FN4O/c15-11-4-2-1-3-10(11)13(20)19-6-5-9-7-17-14(16)18-12(9)8-19/h1-4,7H,5-6,8H2,(H2,16,17,18). The Bertz CT molecular complexity index is 674. The van der Waals surface area contributed by atoms with Crippen molar-refractivity contribution in [3.05, 3.63) is 53.1 Å². The van der Waals surface area contributed by atoms with Gasteiger partial charge in [0.2, 0.25) is 5.95 Å². The van der Waals surface area contributed by atoms with E-state index in [1.807, 2.05) is 0 Å². The van der Waals surface area contributed by atoms with E-state index in [1.165, 1.54) is 12.1 Å². The molecule has 0 aliphatic carbocycles. The maximum atomic E-state index is 13.7.